The Kier molecular flexibility index (Phi) is 3.45. The van der Waals surface area contributed by atoms with Gasteiger partial charge in [0.2, 0.25) is 0 Å². The number of rotatable bonds is 2. The van der Waals surface area contributed by atoms with Crippen LogP contribution in [0.25, 0.3) is 0 Å². The van der Waals surface area contributed by atoms with Gasteiger partial charge < -0.3 is 10.0 Å². The number of aromatic nitrogens is 1. The van der Waals surface area contributed by atoms with E-state index in [9.17, 15) is 5.11 Å². The number of pyridine rings is 1. The summed E-state index contributed by atoms with van der Waals surface area (Å²) in [5, 5.41) is 9.44. The van der Waals surface area contributed by atoms with Gasteiger partial charge in [-0.1, -0.05) is 0 Å². The zero-order chi connectivity index (χ0) is 10.5. The van der Waals surface area contributed by atoms with Crippen LogP contribution < -0.4 is 0 Å². The average molecular weight is 223 g/mol. The first kappa shape index (κ1) is 10.3. The van der Waals surface area contributed by atoms with Crippen LogP contribution in [0, 0.1) is 0 Å². The maximum Gasteiger partial charge on any atom is 0.196 e. The smallest absolute Gasteiger partial charge is 0.196 e. The van der Waals surface area contributed by atoms with Gasteiger partial charge in [-0.05, 0) is 12.1 Å². The predicted octanol–water partition coefficient (Wildman–Crippen LogP) is 1.50. The van der Waals surface area contributed by atoms with Gasteiger partial charge in [0.05, 0.1) is 6.34 Å². The molecule has 2 heterocycles. The molecule has 4 nitrogen and oxygen atoms in total. The monoisotopic (exact) mass is 223 g/mol. The van der Waals surface area contributed by atoms with Crippen LogP contribution in [0.4, 0.5) is 5.82 Å². The Hall–Kier alpha value is -1.23. The second-order valence-corrected chi connectivity index (χ2v) is 4.46. The lowest BCUT2D eigenvalue weighted by molar-refractivity contribution is 0.469. The molecule has 2 rings (SSSR count). The molecule has 0 radical (unpaired) electrons. The fourth-order valence-electron chi connectivity index (χ4n) is 1.32. The molecule has 1 aromatic heterocycles. The molecule has 80 valence electrons. The van der Waals surface area contributed by atoms with Crippen molar-refractivity contribution in [2.45, 2.75) is 0 Å². The second kappa shape index (κ2) is 5.02. The van der Waals surface area contributed by atoms with Gasteiger partial charge >= 0.3 is 0 Å². The van der Waals surface area contributed by atoms with Crippen LogP contribution in [-0.4, -0.2) is 45.9 Å². The van der Waals surface area contributed by atoms with Crippen molar-refractivity contribution < 1.29 is 5.11 Å². The van der Waals surface area contributed by atoms with Crippen molar-refractivity contribution in [1.82, 2.24) is 9.88 Å². The first-order valence-corrected chi connectivity index (χ1v) is 6.02. The minimum absolute atomic E-state index is 0.125. The fourth-order valence-corrected chi connectivity index (χ4v) is 2.25. The van der Waals surface area contributed by atoms with E-state index in [1.165, 1.54) is 0 Å². The van der Waals surface area contributed by atoms with E-state index in [2.05, 4.69) is 14.9 Å². The summed E-state index contributed by atoms with van der Waals surface area (Å²) in [6, 6.07) is 3.28. The zero-order valence-corrected chi connectivity index (χ0v) is 9.15. The molecule has 0 amide bonds. The lowest BCUT2D eigenvalue weighted by atomic mass is 10.4. The maximum absolute atomic E-state index is 9.44. The number of thioether (sulfide) groups is 1. The molecule has 0 spiro atoms. The van der Waals surface area contributed by atoms with Crippen molar-refractivity contribution in [3.05, 3.63) is 18.3 Å². The van der Waals surface area contributed by atoms with E-state index >= 15 is 0 Å². The third kappa shape index (κ3) is 2.86. The van der Waals surface area contributed by atoms with E-state index in [1.54, 1.807) is 24.7 Å². The number of aliphatic imine (C=N–C) groups is 1. The molecule has 15 heavy (non-hydrogen) atoms. The van der Waals surface area contributed by atoms with Crippen LogP contribution in [0.1, 0.15) is 0 Å². The number of nitrogens with zero attached hydrogens (tertiary/aromatic N) is 3. The minimum atomic E-state index is 0.125. The van der Waals surface area contributed by atoms with E-state index in [4.69, 9.17) is 0 Å². The van der Waals surface area contributed by atoms with Crippen molar-refractivity contribution in [3.8, 4) is 5.75 Å². The summed E-state index contributed by atoms with van der Waals surface area (Å²) in [6.45, 7) is 2.03. The van der Waals surface area contributed by atoms with E-state index in [0.717, 1.165) is 24.6 Å². The van der Waals surface area contributed by atoms with Crippen LogP contribution in [0.5, 0.6) is 5.75 Å². The Morgan fingerprint density at radius 2 is 2.27 bits per heavy atom. The molecule has 0 saturated carbocycles. The topological polar surface area (TPSA) is 48.7 Å². The summed E-state index contributed by atoms with van der Waals surface area (Å²) >= 11 is 1.96. The molecular formula is C10H13N3OS. The highest BCUT2D eigenvalue weighted by atomic mass is 32.2. The van der Waals surface area contributed by atoms with Crippen molar-refractivity contribution in [2.75, 3.05) is 24.6 Å². The summed E-state index contributed by atoms with van der Waals surface area (Å²) < 4.78 is 0. The predicted molar refractivity (Wildman–Crippen MR) is 63.0 cm³/mol. The molecule has 1 fully saturated rings. The fraction of sp³-hybridized carbons (Fsp3) is 0.400. The van der Waals surface area contributed by atoms with Gasteiger partial charge in [0.15, 0.2) is 11.6 Å². The molecule has 1 aromatic rings. The second-order valence-electron chi connectivity index (χ2n) is 3.24. The highest BCUT2D eigenvalue weighted by molar-refractivity contribution is 7.99. The summed E-state index contributed by atoms with van der Waals surface area (Å²) in [4.78, 5) is 10.3. The Bertz CT molecular complexity index is 350. The van der Waals surface area contributed by atoms with Gasteiger partial charge in [-0.3, -0.25) is 0 Å². The Morgan fingerprint density at radius 1 is 1.47 bits per heavy atom. The Labute approximate surface area is 93.0 Å². The third-order valence-corrected chi connectivity index (χ3v) is 3.10. The van der Waals surface area contributed by atoms with E-state index in [1.807, 2.05) is 11.8 Å². The highest BCUT2D eigenvalue weighted by Crippen LogP contribution is 2.21. The van der Waals surface area contributed by atoms with Gasteiger partial charge in [0.25, 0.3) is 0 Å². The SMILES string of the molecule is Oc1cccnc1N=CN1CCSCC1. The standard InChI is InChI=1S/C10H13N3OS/c14-9-2-1-3-11-10(9)12-8-13-4-6-15-7-5-13/h1-3,8,14H,4-7H2. The van der Waals surface area contributed by atoms with Gasteiger partial charge in [0, 0.05) is 30.8 Å². The van der Waals surface area contributed by atoms with Gasteiger partial charge in [0.1, 0.15) is 0 Å². The summed E-state index contributed by atoms with van der Waals surface area (Å²) in [5.74, 6) is 2.79. The molecule has 0 bridgehead atoms. The van der Waals surface area contributed by atoms with Crippen molar-refractivity contribution in [3.63, 3.8) is 0 Å². The highest BCUT2D eigenvalue weighted by Gasteiger charge is 2.06. The maximum atomic E-state index is 9.44. The molecule has 0 atom stereocenters. The van der Waals surface area contributed by atoms with Crippen molar-refractivity contribution in [2.24, 2.45) is 4.99 Å². The van der Waals surface area contributed by atoms with Crippen LogP contribution in [0.2, 0.25) is 0 Å². The number of aromatic hydroxyl groups is 1. The molecule has 0 unspecified atom stereocenters. The normalized spacial score (nSPS) is 17.2. The van der Waals surface area contributed by atoms with Crippen LogP contribution in [-0.2, 0) is 0 Å². The number of hydrogen-bond donors (Lipinski definition) is 1. The first-order valence-electron chi connectivity index (χ1n) is 4.86. The third-order valence-electron chi connectivity index (χ3n) is 2.16. The van der Waals surface area contributed by atoms with Crippen molar-refractivity contribution >= 4 is 23.9 Å². The lowest BCUT2D eigenvalue weighted by Gasteiger charge is -2.23. The molecular weight excluding hydrogens is 210 g/mol. The average Bonchev–Trinajstić information content (AvgIpc) is 2.29. The summed E-state index contributed by atoms with van der Waals surface area (Å²) in [7, 11) is 0. The molecule has 5 heteroatoms. The van der Waals surface area contributed by atoms with Crippen LogP contribution in [0.3, 0.4) is 0 Å². The van der Waals surface area contributed by atoms with Crippen molar-refractivity contribution in [1.29, 1.82) is 0 Å². The molecule has 0 aromatic carbocycles. The van der Waals surface area contributed by atoms with E-state index in [-0.39, 0.29) is 5.75 Å². The molecule has 1 N–H and O–H groups in total. The summed E-state index contributed by atoms with van der Waals surface area (Å²) in [5.41, 5.74) is 0. The number of hydrogen-bond acceptors (Lipinski definition) is 4. The van der Waals surface area contributed by atoms with Gasteiger partial charge in [-0.2, -0.15) is 11.8 Å². The van der Waals surface area contributed by atoms with E-state index < -0.39 is 0 Å². The Morgan fingerprint density at radius 3 is 3.00 bits per heavy atom. The molecule has 1 aliphatic rings. The Balaban J connectivity index is 2.01. The van der Waals surface area contributed by atoms with Crippen LogP contribution >= 0.6 is 11.8 Å². The first-order chi connectivity index (χ1) is 7.36. The van der Waals surface area contributed by atoms with Crippen LogP contribution in [0.15, 0.2) is 23.3 Å². The lowest BCUT2D eigenvalue weighted by Crippen LogP contribution is -2.31. The van der Waals surface area contributed by atoms with Gasteiger partial charge in [-0.15, -0.1) is 0 Å². The minimum Gasteiger partial charge on any atom is -0.504 e. The molecule has 1 aliphatic heterocycles. The largest absolute Gasteiger partial charge is 0.504 e. The quantitative estimate of drug-likeness (QED) is 0.609. The molecule has 0 aliphatic carbocycles. The molecule has 1 saturated heterocycles. The van der Waals surface area contributed by atoms with Gasteiger partial charge in [-0.25, -0.2) is 9.98 Å². The van der Waals surface area contributed by atoms with E-state index in [0.29, 0.717) is 5.82 Å². The summed E-state index contributed by atoms with van der Waals surface area (Å²) in [6.07, 6.45) is 3.39. The zero-order valence-electron chi connectivity index (χ0n) is 8.33.